The van der Waals surface area contributed by atoms with Crippen molar-refractivity contribution in [2.45, 2.75) is 257 Å². The summed E-state index contributed by atoms with van der Waals surface area (Å²) >= 11 is 0. The monoisotopic (exact) mass is 973 g/mol. The summed E-state index contributed by atoms with van der Waals surface area (Å²) < 4.78 is 23.3. The van der Waals surface area contributed by atoms with Gasteiger partial charge in [0.25, 0.3) is 7.82 Å². The highest BCUT2D eigenvalue weighted by molar-refractivity contribution is 7.45. The number of likely N-dealkylation sites (N-methyl/N-ethyl adjacent to an activating group) is 1. The molecule has 0 bridgehead atoms. The minimum atomic E-state index is -4.61. The van der Waals surface area contributed by atoms with Crippen molar-refractivity contribution in [3.05, 3.63) is 72.9 Å². The van der Waals surface area contributed by atoms with E-state index in [2.05, 4.69) is 79.9 Å². The van der Waals surface area contributed by atoms with Gasteiger partial charge in [-0.05, 0) is 83.5 Å². The lowest BCUT2D eigenvalue weighted by molar-refractivity contribution is -0.870. The van der Waals surface area contributed by atoms with Crippen LogP contribution in [0.1, 0.15) is 245 Å². The largest absolute Gasteiger partial charge is 0.756 e. The SMILES string of the molecule is CCCCCCC/C=C\C/C=C\C/C=C\CCCCCCCCCCCCCCC(=O)NC(COP(=O)([O-])OCC[N+](C)(C)C)C(O)/C=C/CC/C=C/CC/C=C/CCCCCCCCCCC. The Morgan fingerprint density at radius 2 is 0.868 bits per heavy atom. The molecule has 3 atom stereocenters. The van der Waals surface area contributed by atoms with Crippen LogP contribution in [0.3, 0.4) is 0 Å². The zero-order valence-corrected chi connectivity index (χ0v) is 45.9. The third kappa shape index (κ3) is 51.8. The number of phosphoric acid groups is 1. The molecule has 0 fully saturated rings. The van der Waals surface area contributed by atoms with Gasteiger partial charge in [0.2, 0.25) is 5.91 Å². The smallest absolute Gasteiger partial charge is 0.268 e. The molecule has 0 saturated heterocycles. The topological polar surface area (TPSA) is 108 Å². The lowest BCUT2D eigenvalue weighted by atomic mass is 10.0. The van der Waals surface area contributed by atoms with Crippen LogP contribution in [-0.4, -0.2) is 68.5 Å². The standard InChI is InChI=1S/C59H109N2O6P/c1-6-8-10-12-14-16-18-20-22-24-26-27-28-29-30-31-32-33-35-37-39-41-43-45-47-49-51-53-59(63)60-57(56-67-68(64,65)66-55-54-61(3,4)5)58(62)52-50-48-46-44-42-40-38-36-34-25-23-21-19-17-15-13-11-9-7-2/h18,20,24,26,28-29,34,36,42,44,50,52,57-58,62H,6-17,19,21-23,25,27,30-33,35,37-41,43,45-49,51,53-56H2,1-5H3,(H-,60,63,64,65)/b20-18-,26-24-,29-28-,36-34+,44-42+,52-50+. The molecule has 0 aliphatic carbocycles. The summed E-state index contributed by atoms with van der Waals surface area (Å²) in [5.41, 5.74) is 0. The predicted molar refractivity (Wildman–Crippen MR) is 293 cm³/mol. The van der Waals surface area contributed by atoms with Crippen molar-refractivity contribution in [1.82, 2.24) is 5.32 Å². The maximum Gasteiger partial charge on any atom is 0.268 e. The Balaban J connectivity index is 4.28. The molecule has 0 saturated carbocycles. The quantitative estimate of drug-likeness (QED) is 0.0272. The number of phosphoric ester groups is 1. The summed E-state index contributed by atoms with van der Waals surface area (Å²) in [6, 6.07) is -0.914. The van der Waals surface area contributed by atoms with E-state index in [1.165, 1.54) is 167 Å². The number of carbonyl (C=O) groups is 1. The summed E-state index contributed by atoms with van der Waals surface area (Å²) in [5, 5.41) is 13.8. The minimum Gasteiger partial charge on any atom is -0.756 e. The maximum atomic E-state index is 13.0. The number of nitrogens with one attached hydrogen (secondary N) is 1. The first kappa shape index (κ1) is 65.9. The molecule has 0 radical (unpaired) electrons. The molecule has 0 aliphatic heterocycles. The molecular weight excluding hydrogens is 864 g/mol. The Labute approximate surface area is 421 Å². The Bertz CT molecular complexity index is 1330. The highest BCUT2D eigenvalue weighted by atomic mass is 31.2. The predicted octanol–water partition coefficient (Wildman–Crippen LogP) is 16.5. The number of allylic oxidation sites excluding steroid dienone is 11. The van der Waals surface area contributed by atoms with E-state index < -0.39 is 26.6 Å². The molecule has 0 aromatic carbocycles. The number of aliphatic hydroxyl groups is 1. The number of aliphatic hydroxyl groups excluding tert-OH is 1. The van der Waals surface area contributed by atoms with Gasteiger partial charge in [0, 0.05) is 6.42 Å². The van der Waals surface area contributed by atoms with Crippen molar-refractivity contribution < 1.29 is 32.9 Å². The molecule has 0 aromatic rings. The van der Waals surface area contributed by atoms with Crippen LogP contribution in [0.4, 0.5) is 0 Å². The van der Waals surface area contributed by atoms with Gasteiger partial charge in [0.15, 0.2) is 0 Å². The second-order valence-electron chi connectivity index (χ2n) is 20.3. The van der Waals surface area contributed by atoms with Crippen LogP contribution < -0.4 is 10.2 Å². The molecule has 8 nitrogen and oxygen atoms in total. The van der Waals surface area contributed by atoms with Gasteiger partial charge < -0.3 is 28.8 Å². The van der Waals surface area contributed by atoms with Crippen molar-refractivity contribution in [2.24, 2.45) is 0 Å². The average Bonchev–Trinajstić information content (AvgIpc) is 3.30. The van der Waals surface area contributed by atoms with Gasteiger partial charge in [-0.3, -0.25) is 9.36 Å². The molecule has 3 unspecified atom stereocenters. The Hall–Kier alpha value is -2.06. The molecular formula is C59H109N2O6P. The summed E-state index contributed by atoms with van der Waals surface area (Å²) in [7, 11) is 1.23. The molecule has 0 aromatic heterocycles. The van der Waals surface area contributed by atoms with Gasteiger partial charge in [0.1, 0.15) is 13.2 Å². The highest BCUT2D eigenvalue weighted by Crippen LogP contribution is 2.38. The number of quaternary nitrogens is 1. The lowest BCUT2D eigenvalue weighted by Crippen LogP contribution is -2.45. The van der Waals surface area contributed by atoms with E-state index in [9.17, 15) is 19.4 Å². The number of unbranched alkanes of at least 4 members (excludes halogenated alkanes) is 28. The van der Waals surface area contributed by atoms with Gasteiger partial charge in [-0.15, -0.1) is 0 Å². The highest BCUT2D eigenvalue weighted by Gasteiger charge is 2.23. The lowest BCUT2D eigenvalue weighted by Gasteiger charge is -2.29. The van der Waals surface area contributed by atoms with Crippen LogP contribution in [0, 0.1) is 0 Å². The summed E-state index contributed by atoms with van der Waals surface area (Å²) in [5.74, 6) is -0.214. The molecule has 9 heteroatoms. The zero-order chi connectivity index (χ0) is 49.9. The number of carbonyl (C=O) groups excluding carboxylic acids is 1. The Morgan fingerprint density at radius 3 is 1.29 bits per heavy atom. The first-order chi connectivity index (χ1) is 33.0. The van der Waals surface area contributed by atoms with Crippen LogP contribution in [0.25, 0.3) is 0 Å². The first-order valence-electron chi connectivity index (χ1n) is 28.3. The molecule has 68 heavy (non-hydrogen) atoms. The molecule has 0 aliphatic rings. The number of rotatable bonds is 51. The van der Waals surface area contributed by atoms with E-state index in [4.69, 9.17) is 9.05 Å². The van der Waals surface area contributed by atoms with Crippen molar-refractivity contribution >= 4 is 13.7 Å². The van der Waals surface area contributed by atoms with E-state index in [1.54, 1.807) is 6.08 Å². The van der Waals surface area contributed by atoms with E-state index in [1.807, 2.05) is 27.2 Å². The Kier molecular flexibility index (Phi) is 48.4. The van der Waals surface area contributed by atoms with Gasteiger partial charge in [-0.1, -0.05) is 228 Å². The van der Waals surface area contributed by atoms with Gasteiger partial charge in [-0.25, -0.2) is 0 Å². The van der Waals surface area contributed by atoms with Crippen LogP contribution in [0.2, 0.25) is 0 Å². The molecule has 2 N–H and O–H groups in total. The molecule has 396 valence electrons. The molecule has 0 spiro atoms. The van der Waals surface area contributed by atoms with Crippen molar-refractivity contribution in [3.8, 4) is 0 Å². The number of hydrogen-bond acceptors (Lipinski definition) is 6. The van der Waals surface area contributed by atoms with Crippen molar-refractivity contribution in [3.63, 3.8) is 0 Å². The number of amides is 1. The zero-order valence-electron chi connectivity index (χ0n) is 45.0. The van der Waals surface area contributed by atoms with Crippen LogP contribution in [0.5, 0.6) is 0 Å². The number of nitrogens with zero attached hydrogens (tertiary/aromatic N) is 1. The van der Waals surface area contributed by atoms with Crippen molar-refractivity contribution in [1.29, 1.82) is 0 Å². The van der Waals surface area contributed by atoms with Gasteiger partial charge >= 0.3 is 0 Å². The fraction of sp³-hybridized carbons (Fsp3) is 0.780. The number of hydrogen-bond donors (Lipinski definition) is 2. The van der Waals surface area contributed by atoms with E-state index in [-0.39, 0.29) is 12.5 Å². The van der Waals surface area contributed by atoms with Gasteiger partial charge in [-0.2, -0.15) is 0 Å². The van der Waals surface area contributed by atoms with E-state index >= 15 is 0 Å². The molecule has 1 amide bonds. The second-order valence-corrected chi connectivity index (χ2v) is 21.7. The summed E-state index contributed by atoms with van der Waals surface area (Å²) in [4.78, 5) is 25.5. The van der Waals surface area contributed by atoms with Crippen molar-refractivity contribution in [2.75, 3.05) is 40.9 Å². The molecule has 0 heterocycles. The minimum absolute atomic E-state index is 0.0118. The third-order valence-corrected chi connectivity index (χ3v) is 13.3. The average molecular weight is 974 g/mol. The van der Waals surface area contributed by atoms with Gasteiger partial charge in [0.05, 0.1) is 39.9 Å². The summed E-state index contributed by atoms with van der Waals surface area (Å²) in [6.45, 7) is 4.61. The Morgan fingerprint density at radius 1 is 0.515 bits per heavy atom. The van der Waals surface area contributed by atoms with Crippen LogP contribution >= 0.6 is 7.82 Å². The van der Waals surface area contributed by atoms with E-state index in [0.717, 1.165) is 57.8 Å². The normalized spacial score (nSPS) is 14.5. The van der Waals surface area contributed by atoms with Crippen LogP contribution in [-0.2, 0) is 18.4 Å². The van der Waals surface area contributed by atoms with E-state index in [0.29, 0.717) is 17.4 Å². The van der Waals surface area contributed by atoms with Crippen LogP contribution in [0.15, 0.2) is 72.9 Å². The molecule has 0 rings (SSSR count). The first-order valence-corrected chi connectivity index (χ1v) is 29.8. The maximum absolute atomic E-state index is 13.0. The third-order valence-electron chi connectivity index (χ3n) is 12.4. The summed E-state index contributed by atoms with van der Waals surface area (Å²) in [6.07, 6.45) is 68.3. The second kappa shape index (κ2) is 49.9. The fourth-order valence-electron chi connectivity index (χ4n) is 7.90. The fourth-order valence-corrected chi connectivity index (χ4v) is 8.62.